The molecule has 1 aromatic carbocycles. The van der Waals surface area contributed by atoms with Crippen molar-refractivity contribution < 1.29 is 9.47 Å². The van der Waals surface area contributed by atoms with E-state index < -0.39 is 0 Å². The number of aromatic nitrogens is 2. The van der Waals surface area contributed by atoms with Gasteiger partial charge in [-0.1, -0.05) is 0 Å². The number of halogens is 1. The molecule has 2 heterocycles. The Morgan fingerprint density at radius 3 is 3.00 bits per heavy atom. The lowest BCUT2D eigenvalue weighted by Crippen LogP contribution is -2.40. The topological polar surface area (TPSA) is 36.3 Å². The minimum atomic E-state index is -0.0687. The largest absolute Gasteiger partial charge is 0.497 e. The summed E-state index contributed by atoms with van der Waals surface area (Å²) in [5, 5.41) is 0. The van der Waals surface area contributed by atoms with E-state index in [1.165, 1.54) is 0 Å². The first-order chi connectivity index (χ1) is 10.2. The average molecular weight is 309 g/mol. The van der Waals surface area contributed by atoms with Crippen LogP contribution in [0, 0.1) is 0 Å². The first kappa shape index (κ1) is 14.7. The fraction of sp³-hybridized carbons (Fsp3) is 0.562. The normalized spacial score (nSPS) is 22.6. The number of nitrogens with zero attached hydrogens (tertiary/aromatic N) is 2. The first-order valence-electron chi connectivity index (χ1n) is 7.37. The summed E-state index contributed by atoms with van der Waals surface area (Å²) < 4.78 is 13.4. The summed E-state index contributed by atoms with van der Waals surface area (Å²) in [7, 11) is 1.69. The van der Waals surface area contributed by atoms with E-state index in [9.17, 15) is 0 Å². The number of fused-ring (bicyclic) bond motifs is 1. The number of benzene rings is 1. The summed E-state index contributed by atoms with van der Waals surface area (Å²) in [5.74, 6) is 2.44. The van der Waals surface area contributed by atoms with Gasteiger partial charge in [0.25, 0.3) is 0 Å². The molecule has 1 aliphatic rings. The van der Waals surface area contributed by atoms with Crippen molar-refractivity contribution in [1.82, 2.24) is 9.55 Å². The lowest BCUT2D eigenvalue weighted by atomic mass is 9.94. The maximum Gasteiger partial charge on any atom is 0.121 e. The maximum atomic E-state index is 5.97. The highest BCUT2D eigenvalue weighted by Crippen LogP contribution is 2.34. The summed E-state index contributed by atoms with van der Waals surface area (Å²) in [6.45, 7) is 3.80. The molecule has 1 aliphatic heterocycles. The van der Waals surface area contributed by atoms with Gasteiger partial charge >= 0.3 is 0 Å². The van der Waals surface area contributed by atoms with Crippen molar-refractivity contribution >= 4 is 22.6 Å². The van der Waals surface area contributed by atoms with Gasteiger partial charge in [-0.25, -0.2) is 4.98 Å². The van der Waals surface area contributed by atoms with Crippen molar-refractivity contribution in [3.8, 4) is 5.75 Å². The number of aryl methyl sites for hydroxylation is 1. The summed E-state index contributed by atoms with van der Waals surface area (Å²) in [6.07, 6.45) is 2.92. The van der Waals surface area contributed by atoms with Crippen LogP contribution < -0.4 is 4.74 Å². The monoisotopic (exact) mass is 308 g/mol. The van der Waals surface area contributed by atoms with Gasteiger partial charge in [-0.3, -0.25) is 0 Å². The lowest BCUT2D eigenvalue weighted by Gasteiger charge is -2.36. The van der Waals surface area contributed by atoms with Gasteiger partial charge in [-0.2, -0.15) is 0 Å². The van der Waals surface area contributed by atoms with Gasteiger partial charge in [-0.15, -0.1) is 11.6 Å². The third-order valence-corrected chi connectivity index (χ3v) is 4.40. The Balaban J connectivity index is 2.18. The van der Waals surface area contributed by atoms with Crippen LogP contribution >= 0.6 is 11.6 Å². The smallest absolute Gasteiger partial charge is 0.121 e. The van der Waals surface area contributed by atoms with E-state index in [1.807, 2.05) is 12.1 Å². The second kappa shape index (κ2) is 5.85. The summed E-state index contributed by atoms with van der Waals surface area (Å²) in [4.78, 5) is 4.77. The molecule has 0 amide bonds. The van der Waals surface area contributed by atoms with Crippen molar-refractivity contribution in [2.45, 2.75) is 31.7 Å². The van der Waals surface area contributed by atoms with Crippen LogP contribution in [0.25, 0.3) is 11.0 Å². The highest BCUT2D eigenvalue weighted by atomic mass is 35.5. The Bertz CT molecular complexity index is 632. The van der Waals surface area contributed by atoms with Gasteiger partial charge in [0.1, 0.15) is 11.6 Å². The van der Waals surface area contributed by atoms with Gasteiger partial charge in [0.15, 0.2) is 0 Å². The number of imidazole rings is 1. The Labute approximate surface area is 130 Å². The highest BCUT2D eigenvalue weighted by molar-refractivity contribution is 6.17. The van der Waals surface area contributed by atoms with Crippen LogP contribution in [-0.4, -0.2) is 35.8 Å². The summed E-state index contributed by atoms with van der Waals surface area (Å²) in [6, 6.07) is 6.01. The molecule has 0 spiro atoms. The van der Waals surface area contributed by atoms with Gasteiger partial charge < -0.3 is 14.0 Å². The molecule has 0 aliphatic carbocycles. The van der Waals surface area contributed by atoms with Gasteiger partial charge in [0, 0.05) is 25.0 Å². The van der Waals surface area contributed by atoms with Crippen LogP contribution in [-0.2, 0) is 16.7 Å². The number of rotatable bonds is 4. The molecule has 114 valence electrons. The number of hydrogen-bond acceptors (Lipinski definition) is 3. The van der Waals surface area contributed by atoms with Crippen LogP contribution in [0.4, 0.5) is 0 Å². The number of methoxy groups -OCH3 is 1. The zero-order valence-electron chi connectivity index (χ0n) is 12.6. The quantitative estimate of drug-likeness (QED) is 0.813. The van der Waals surface area contributed by atoms with E-state index in [1.54, 1.807) is 7.11 Å². The first-order valence-corrected chi connectivity index (χ1v) is 7.91. The molecule has 1 atom stereocenters. The summed E-state index contributed by atoms with van der Waals surface area (Å²) >= 11 is 5.97. The van der Waals surface area contributed by atoms with Crippen LogP contribution in [0.1, 0.15) is 25.6 Å². The van der Waals surface area contributed by atoms with Crippen molar-refractivity contribution in [2.24, 2.45) is 0 Å². The van der Waals surface area contributed by atoms with E-state index in [4.69, 9.17) is 26.1 Å². The molecule has 1 unspecified atom stereocenters. The SMILES string of the molecule is COc1ccc2nc(CCCl)n(C3(C)CCCOC3)c2c1. The Morgan fingerprint density at radius 1 is 1.48 bits per heavy atom. The molecule has 0 bridgehead atoms. The number of alkyl halides is 1. The minimum absolute atomic E-state index is 0.0687. The van der Waals surface area contributed by atoms with Crippen molar-refractivity contribution in [3.63, 3.8) is 0 Å². The van der Waals surface area contributed by atoms with Crippen LogP contribution in [0.15, 0.2) is 18.2 Å². The van der Waals surface area contributed by atoms with Gasteiger partial charge in [0.2, 0.25) is 0 Å². The van der Waals surface area contributed by atoms with Gasteiger partial charge in [0.05, 0.1) is 30.3 Å². The van der Waals surface area contributed by atoms with Crippen molar-refractivity contribution in [2.75, 3.05) is 26.2 Å². The highest BCUT2D eigenvalue weighted by Gasteiger charge is 2.33. The van der Waals surface area contributed by atoms with E-state index in [0.717, 1.165) is 48.5 Å². The Morgan fingerprint density at radius 2 is 2.33 bits per heavy atom. The number of hydrogen-bond donors (Lipinski definition) is 0. The van der Waals surface area contributed by atoms with E-state index in [2.05, 4.69) is 17.6 Å². The molecule has 0 N–H and O–H groups in total. The molecule has 2 aromatic rings. The molecule has 1 saturated heterocycles. The second-order valence-electron chi connectivity index (χ2n) is 5.81. The zero-order valence-corrected chi connectivity index (χ0v) is 13.3. The van der Waals surface area contributed by atoms with Crippen LogP contribution in [0.3, 0.4) is 0 Å². The van der Waals surface area contributed by atoms with Crippen LogP contribution in [0.2, 0.25) is 0 Å². The molecule has 0 radical (unpaired) electrons. The molecule has 1 fully saturated rings. The fourth-order valence-electron chi connectivity index (χ4n) is 3.18. The van der Waals surface area contributed by atoms with Crippen LogP contribution in [0.5, 0.6) is 5.75 Å². The molecule has 1 aromatic heterocycles. The maximum absolute atomic E-state index is 5.97. The summed E-state index contributed by atoms with van der Waals surface area (Å²) in [5.41, 5.74) is 2.02. The Kier molecular flexibility index (Phi) is 4.09. The molecular weight excluding hydrogens is 288 g/mol. The minimum Gasteiger partial charge on any atom is -0.497 e. The predicted octanol–water partition coefficient (Wildman–Crippen LogP) is 3.35. The average Bonchev–Trinajstić information content (AvgIpc) is 2.86. The number of ether oxygens (including phenoxy) is 2. The molecule has 0 saturated carbocycles. The lowest BCUT2D eigenvalue weighted by molar-refractivity contribution is 0.0102. The van der Waals surface area contributed by atoms with Crippen molar-refractivity contribution in [3.05, 3.63) is 24.0 Å². The third kappa shape index (κ3) is 2.62. The predicted molar refractivity (Wildman–Crippen MR) is 84.4 cm³/mol. The second-order valence-corrected chi connectivity index (χ2v) is 6.19. The molecule has 3 rings (SSSR count). The molecule has 21 heavy (non-hydrogen) atoms. The molecular formula is C16H21ClN2O2. The molecule has 5 heteroatoms. The van der Waals surface area contributed by atoms with Crippen molar-refractivity contribution in [1.29, 1.82) is 0 Å². The fourth-order valence-corrected chi connectivity index (χ4v) is 3.35. The van der Waals surface area contributed by atoms with E-state index in [-0.39, 0.29) is 5.54 Å². The van der Waals surface area contributed by atoms with E-state index >= 15 is 0 Å². The Hall–Kier alpha value is -1.26. The molecule has 4 nitrogen and oxygen atoms in total. The third-order valence-electron chi connectivity index (χ3n) is 4.21. The van der Waals surface area contributed by atoms with Gasteiger partial charge in [-0.05, 0) is 31.9 Å². The zero-order chi connectivity index (χ0) is 14.9. The standard InChI is InChI=1S/C16H21ClN2O2/c1-16(7-3-9-21-11-16)19-14-10-12(20-2)4-5-13(14)18-15(19)6-8-17/h4-5,10H,3,6-9,11H2,1-2H3. The van der Waals surface area contributed by atoms with E-state index in [0.29, 0.717) is 12.5 Å².